The van der Waals surface area contributed by atoms with Crippen LogP contribution in [0.25, 0.3) is 21.2 Å². The molecule has 0 saturated heterocycles. The van der Waals surface area contributed by atoms with E-state index in [0.29, 0.717) is 29.7 Å². The zero-order valence-corrected chi connectivity index (χ0v) is 20.6. The second-order valence-corrected chi connectivity index (χ2v) is 9.00. The van der Waals surface area contributed by atoms with Crippen LogP contribution in [0.15, 0.2) is 54.7 Å². The number of aromatic carboxylic acids is 1. The van der Waals surface area contributed by atoms with E-state index in [0.717, 1.165) is 26.9 Å². The summed E-state index contributed by atoms with van der Waals surface area (Å²) >= 11 is 1.31. The Balaban J connectivity index is 0.00000167. The molecule has 0 spiro atoms. The summed E-state index contributed by atoms with van der Waals surface area (Å²) in [7, 11) is 0. The molecular formula is C26H26F3N3O2S. The zero-order valence-electron chi connectivity index (χ0n) is 19.8. The Morgan fingerprint density at radius 3 is 2.40 bits per heavy atom. The number of carboxylic acid groups (broad SMARTS) is 1. The van der Waals surface area contributed by atoms with Crippen molar-refractivity contribution < 1.29 is 23.1 Å². The van der Waals surface area contributed by atoms with E-state index >= 15 is 0 Å². The lowest BCUT2D eigenvalue weighted by Crippen LogP contribution is -2.11. The van der Waals surface area contributed by atoms with E-state index in [4.69, 9.17) is 0 Å². The number of nitrogens with one attached hydrogen (secondary N) is 1. The van der Waals surface area contributed by atoms with Crippen LogP contribution in [0.5, 0.6) is 0 Å². The predicted octanol–water partition coefficient (Wildman–Crippen LogP) is 8.04. The number of hydrogen-bond donors (Lipinski definition) is 2. The highest BCUT2D eigenvalue weighted by Crippen LogP contribution is 2.38. The van der Waals surface area contributed by atoms with Gasteiger partial charge in [-0.2, -0.15) is 13.2 Å². The third-order valence-corrected chi connectivity index (χ3v) is 6.04. The molecule has 0 aliphatic heterocycles. The molecule has 0 bridgehead atoms. The SMILES string of the molecule is CC.CC(C)Cc1nc(Nc2ncc(C(F)(F)F)cc2C(=O)O)sc1-c1ccc2ccccc2c1. The van der Waals surface area contributed by atoms with E-state index in [2.05, 4.69) is 35.2 Å². The number of aromatic nitrogens is 2. The Morgan fingerprint density at radius 2 is 1.77 bits per heavy atom. The summed E-state index contributed by atoms with van der Waals surface area (Å²) in [6.07, 6.45) is -3.39. The molecule has 0 atom stereocenters. The van der Waals surface area contributed by atoms with Gasteiger partial charge in [0.15, 0.2) is 5.13 Å². The molecule has 0 aliphatic rings. The van der Waals surface area contributed by atoms with Crippen molar-refractivity contribution in [3.8, 4) is 10.4 Å². The average Bonchev–Trinajstić information content (AvgIpc) is 3.20. The minimum Gasteiger partial charge on any atom is -0.478 e. The number of rotatable bonds is 6. The second kappa shape index (κ2) is 10.9. The van der Waals surface area contributed by atoms with Gasteiger partial charge in [-0.1, -0.05) is 75.4 Å². The Morgan fingerprint density at radius 1 is 1.09 bits per heavy atom. The maximum atomic E-state index is 13.0. The molecule has 184 valence electrons. The number of fused-ring (bicyclic) bond motifs is 1. The molecule has 0 saturated carbocycles. The Bertz CT molecular complexity index is 1330. The number of pyridine rings is 1. The van der Waals surface area contributed by atoms with E-state index in [9.17, 15) is 23.1 Å². The molecule has 2 aromatic heterocycles. The fourth-order valence-corrected chi connectivity index (χ4v) is 4.46. The van der Waals surface area contributed by atoms with E-state index in [-0.39, 0.29) is 5.82 Å². The summed E-state index contributed by atoms with van der Waals surface area (Å²) in [5, 5.41) is 14.8. The molecule has 5 nitrogen and oxygen atoms in total. The quantitative estimate of drug-likeness (QED) is 0.280. The number of benzene rings is 2. The summed E-state index contributed by atoms with van der Waals surface area (Å²) in [6, 6.07) is 14.6. The van der Waals surface area contributed by atoms with Gasteiger partial charge in [0.25, 0.3) is 0 Å². The third kappa shape index (κ3) is 6.16. The van der Waals surface area contributed by atoms with Crippen LogP contribution in [0.2, 0.25) is 0 Å². The standard InChI is InChI=1S/C24H20F3N3O2S.C2H6/c1-13(2)9-19-20(16-8-7-14-5-3-4-6-15(14)10-16)33-23(29-19)30-21-18(22(31)32)11-17(12-28-21)24(25,26)27;1-2/h3-8,10-13H,9H2,1-2H3,(H,31,32)(H,28,29,30);1-2H3. The van der Waals surface area contributed by atoms with Gasteiger partial charge >= 0.3 is 12.1 Å². The van der Waals surface area contributed by atoms with Gasteiger partial charge in [0.1, 0.15) is 11.4 Å². The molecule has 9 heteroatoms. The minimum absolute atomic E-state index is 0.189. The Kier molecular flexibility index (Phi) is 8.11. The van der Waals surface area contributed by atoms with Crippen molar-refractivity contribution in [2.75, 3.05) is 5.32 Å². The summed E-state index contributed by atoms with van der Waals surface area (Å²) in [5.41, 5.74) is 0.102. The summed E-state index contributed by atoms with van der Waals surface area (Å²) in [4.78, 5) is 20.9. The largest absolute Gasteiger partial charge is 0.478 e. The van der Waals surface area contributed by atoms with Crippen LogP contribution in [-0.4, -0.2) is 21.0 Å². The van der Waals surface area contributed by atoms with Crippen LogP contribution in [0.1, 0.15) is 49.3 Å². The number of alkyl halides is 3. The van der Waals surface area contributed by atoms with Crippen molar-refractivity contribution in [3.63, 3.8) is 0 Å². The number of carbonyl (C=O) groups is 1. The fourth-order valence-electron chi connectivity index (χ4n) is 3.47. The molecule has 4 rings (SSSR count). The summed E-state index contributed by atoms with van der Waals surface area (Å²) < 4.78 is 39.0. The van der Waals surface area contributed by atoms with Gasteiger partial charge in [0.2, 0.25) is 0 Å². The number of hydrogen-bond acceptors (Lipinski definition) is 5. The van der Waals surface area contributed by atoms with Crippen LogP contribution >= 0.6 is 11.3 Å². The van der Waals surface area contributed by atoms with Gasteiger partial charge in [0.05, 0.1) is 16.1 Å². The Hall–Kier alpha value is -3.46. The second-order valence-electron chi connectivity index (χ2n) is 8.00. The van der Waals surface area contributed by atoms with Crippen LogP contribution in [0, 0.1) is 5.92 Å². The van der Waals surface area contributed by atoms with Gasteiger partial charge in [-0.3, -0.25) is 0 Å². The lowest BCUT2D eigenvalue weighted by atomic mass is 10.0. The lowest BCUT2D eigenvalue weighted by Gasteiger charge is -2.10. The molecule has 0 aliphatic carbocycles. The first-order valence-corrected chi connectivity index (χ1v) is 12.0. The predicted molar refractivity (Wildman–Crippen MR) is 134 cm³/mol. The van der Waals surface area contributed by atoms with Crippen molar-refractivity contribution in [3.05, 3.63) is 71.5 Å². The monoisotopic (exact) mass is 501 g/mol. The van der Waals surface area contributed by atoms with Crippen LogP contribution in [0.3, 0.4) is 0 Å². The molecular weight excluding hydrogens is 475 g/mol. The molecule has 2 N–H and O–H groups in total. The lowest BCUT2D eigenvalue weighted by molar-refractivity contribution is -0.137. The summed E-state index contributed by atoms with van der Waals surface area (Å²) in [6.45, 7) is 8.13. The highest BCUT2D eigenvalue weighted by molar-refractivity contribution is 7.19. The van der Waals surface area contributed by atoms with Crippen LogP contribution < -0.4 is 5.32 Å². The minimum atomic E-state index is -4.69. The van der Waals surface area contributed by atoms with Crippen LogP contribution in [0.4, 0.5) is 24.1 Å². The van der Waals surface area contributed by atoms with E-state index < -0.39 is 23.3 Å². The maximum Gasteiger partial charge on any atom is 0.417 e. The van der Waals surface area contributed by atoms with E-state index in [1.807, 2.05) is 50.2 Å². The first kappa shape index (κ1) is 26.2. The Labute approximate surface area is 205 Å². The zero-order chi connectivity index (χ0) is 25.8. The number of anilines is 2. The highest BCUT2D eigenvalue weighted by Gasteiger charge is 2.32. The average molecular weight is 502 g/mol. The van der Waals surface area contributed by atoms with E-state index in [1.54, 1.807) is 0 Å². The van der Waals surface area contributed by atoms with Crippen molar-refractivity contribution in [2.45, 2.75) is 40.3 Å². The topological polar surface area (TPSA) is 75.1 Å². The molecule has 4 aromatic rings. The highest BCUT2D eigenvalue weighted by atomic mass is 32.1. The van der Waals surface area contributed by atoms with Crippen LogP contribution in [-0.2, 0) is 12.6 Å². The van der Waals surface area contributed by atoms with Gasteiger partial charge in [-0.25, -0.2) is 14.8 Å². The smallest absolute Gasteiger partial charge is 0.417 e. The summed E-state index contributed by atoms with van der Waals surface area (Å²) in [5.74, 6) is -1.38. The number of carboxylic acids is 1. The molecule has 35 heavy (non-hydrogen) atoms. The normalized spacial score (nSPS) is 11.3. The van der Waals surface area contributed by atoms with Crippen molar-refractivity contribution in [2.24, 2.45) is 5.92 Å². The molecule has 0 unspecified atom stereocenters. The van der Waals surface area contributed by atoms with Crippen molar-refractivity contribution in [1.29, 1.82) is 0 Å². The maximum absolute atomic E-state index is 13.0. The molecule has 0 radical (unpaired) electrons. The van der Waals surface area contributed by atoms with Gasteiger partial charge < -0.3 is 10.4 Å². The first-order chi connectivity index (χ1) is 16.6. The molecule has 2 heterocycles. The van der Waals surface area contributed by atoms with Crippen molar-refractivity contribution >= 4 is 39.0 Å². The molecule has 0 amide bonds. The van der Waals surface area contributed by atoms with E-state index in [1.165, 1.54) is 11.3 Å². The van der Waals surface area contributed by atoms with Gasteiger partial charge in [-0.05, 0) is 40.8 Å². The number of nitrogens with zero attached hydrogens (tertiary/aromatic N) is 2. The fraction of sp³-hybridized carbons (Fsp3) is 0.269. The third-order valence-electron chi connectivity index (χ3n) is 4.98. The van der Waals surface area contributed by atoms with Gasteiger partial charge in [-0.15, -0.1) is 0 Å². The number of thiazole rings is 1. The number of halogens is 3. The van der Waals surface area contributed by atoms with Gasteiger partial charge in [0, 0.05) is 6.20 Å². The first-order valence-electron chi connectivity index (χ1n) is 11.2. The molecule has 2 aromatic carbocycles. The van der Waals surface area contributed by atoms with Crippen molar-refractivity contribution in [1.82, 2.24) is 9.97 Å². The molecule has 0 fully saturated rings.